The van der Waals surface area contributed by atoms with Gasteiger partial charge in [0.25, 0.3) is 0 Å². The fourth-order valence-corrected chi connectivity index (χ4v) is 2.75. The Balaban J connectivity index is 2.22. The number of nitrogens with zero attached hydrogens (tertiary/aromatic N) is 1. The number of halogens is 1. The number of nitrogens with one attached hydrogen (secondary N) is 1. The van der Waals surface area contributed by atoms with Crippen LogP contribution in [-0.4, -0.2) is 32.3 Å². The molecule has 1 fully saturated rings. The fourth-order valence-electron chi connectivity index (χ4n) is 2.75. The van der Waals surface area contributed by atoms with Gasteiger partial charge in [0.2, 0.25) is 0 Å². The van der Waals surface area contributed by atoms with E-state index in [2.05, 4.69) is 24.1 Å². The number of hydrogen-bond acceptors (Lipinski definition) is 3. The van der Waals surface area contributed by atoms with E-state index < -0.39 is 0 Å². The molecule has 0 aliphatic carbocycles. The predicted octanol–water partition coefficient (Wildman–Crippen LogP) is 2.80. The highest BCUT2D eigenvalue weighted by Gasteiger charge is 2.32. The van der Waals surface area contributed by atoms with Gasteiger partial charge in [0.1, 0.15) is 0 Å². The molecule has 1 saturated heterocycles. The third-order valence-electron chi connectivity index (χ3n) is 4.23. The van der Waals surface area contributed by atoms with Crippen LogP contribution < -0.4 is 15.0 Å². The molecule has 0 amide bonds. The second-order valence-corrected chi connectivity index (χ2v) is 5.15. The van der Waals surface area contributed by atoms with E-state index in [1.165, 1.54) is 13.2 Å². The largest absolute Gasteiger partial charge is 0.494 e. The standard InChI is InChI=1S/C15H23FN2O/c1-4-15(5-2)11-18(9-8-17-15)12-6-7-13(16)14(10-12)19-3/h6-7,10,17H,4-5,8-9,11H2,1-3H3. The number of piperazine rings is 1. The Labute approximate surface area is 114 Å². The van der Waals surface area contributed by atoms with Crippen LogP contribution in [0.15, 0.2) is 18.2 Å². The smallest absolute Gasteiger partial charge is 0.165 e. The van der Waals surface area contributed by atoms with Crippen LogP contribution >= 0.6 is 0 Å². The lowest BCUT2D eigenvalue weighted by Gasteiger charge is -2.44. The number of anilines is 1. The lowest BCUT2D eigenvalue weighted by molar-refractivity contribution is 0.277. The molecule has 1 aliphatic rings. The van der Waals surface area contributed by atoms with Crippen molar-refractivity contribution in [2.24, 2.45) is 0 Å². The molecule has 1 N–H and O–H groups in total. The maximum atomic E-state index is 13.5. The summed E-state index contributed by atoms with van der Waals surface area (Å²) in [5, 5.41) is 3.62. The van der Waals surface area contributed by atoms with Gasteiger partial charge >= 0.3 is 0 Å². The molecule has 3 nitrogen and oxygen atoms in total. The first kappa shape index (κ1) is 14.1. The van der Waals surface area contributed by atoms with Crippen molar-refractivity contribution < 1.29 is 9.13 Å². The van der Waals surface area contributed by atoms with Crippen LogP contribution in [0.1, 0.15) is 26.7 Å². The zero-order valence-electron chi connectivity index (χ0n) is 12.0. The third kappa shape index (κ3) is 2.84. The summed E-state index contributed by atoms with van der Waals surface area (Å²) in [6.45, 7) is 7.28. The minimum Gasteiger partial charge on any atom is -0.494 e. The van der Waals surface area contributed by atoms with E-state index in [1.54, 1.807) is 6.07 Å². The van der Waals surface area contributed by atoms with Gasteiger partial charge in [-0.2, -0.15) is 0 Å². The minimum absolute atomic E-state index is 0.167. The highest BCUT2D eigenvalue weighted by atomic mass is 19.1. The van der Waals surface area contributed by atoms with Gasteiger partial charge in [0.05, 0.1) is 7.11 Å². The van der Waals surface area contributed by atoms with E-state index in [1.807, 2.05) is 6.07 Å². The number of rotatable bonds is 4. The van der Waals surface area contributed by atoms with Crippen molar-refractivity contribution in [2.75, 3.05) is 31.6 Å². The van der Waals surface area contributed by atoms with Crippen LogP contribution in [0.25, 0.3) is 0 Å². The average Bonchev–Trinajstić information content (AvgIpc) is 2.47. The van der Waals surface area contributed by atoms with Crippen molar-refractivity contribution in [1.82, 2.24) is 5.32 Å². The molecule has 0 spiro atoms. The molecule has 1 aromatic rings. The first-order valence-electron chi connectivity index (χ1n) is 6.97. The number of methoxy groups -OCH3 is 1. The van der Waals surface area contributed by atoms with Crippen LogP contribution in [0, 0.1) is 5.82 Å². The molecule has 0 unspecified atom stereocenters. The molecule has 4 heteroatoms. The van der Waals surface area contributed by atoms with Crippen LogP contribution in [0.3, 0.4) is 0 Å². The second kappa shape index (κ2) is 5.78. The Hall–Kier alpha value is -1.29. The van der Waals surface area contributed by atoms with Gasteiger partial charge in [0.15, 0.2) is 11.6 Å². The van der Waals surface area contributed by atoms with E-state index in [4.69, 9.17) is 4.74 Å². The third-order valence-corrected chi connectivity index (χ3v) is 4.23. The maximum absolute atomic E-state index is 13.5. The second-order valence-electron chi connectivity index (χ2n) is 5.15. The summed E-state index contributed by atoms with van der Waals surface area (Å²) in [6, 6.07) is 5.10. The number of ether oxygens (including phenoxy) is 1. The summed E-state index contributed by atoms with van der Waals surface area (Å²) in [6.07, 6.45) is 2.19. The van der Waals surface area contributed by atoms with Gasteiger partial charge in [0, 0.05) is 36.9 Å². The lowest BCUT2D eigenvalue weighted by atomic mass is 9.90. The quantitative estimate of drug-likeness (QED) is 0.907. The molecule has 0 bridgehead atoms. The van der Waals surface area contributed by atoms with Gasteiger partial charge < -0.3 is 15.0 Å². The molecule has 0 saturated carbocycles. The van der Waals surface area contributed by atoms with Gasteiger partial charge in [-0.15, -0.1) is 0 Å². The Morgan fingerprint density at radius 3 is 2.74 bits per heavy atom. The van der Waals surface area contributed by atoms with E-state index >= 15 is 0 Å². The fraction of sp³-hybridized carbons (Fsp3) is 0.600. The monoisotopic (exact) mass is 266 g/mol. The summed E-state index contributed by atoms with van der Waals surface area (Å²) < 4.78 is 18.5. The van der Waals surface area contributed by atoms with Crippen LogP contribution in [0.5, 0.6) is 5.75 Å². The number of hydrogen-bond donors (Lipinski definition) is 1. The van der Waals surface area contributed by atoms with E-state index in [0.29, 0.717) is 5.75 Å². The molecule has 1 heterocycles. The van der Waals surface area contributed by atoms with Crippen molar-refractivity contribution in [1.29, 1.82) is 0 Å². The van der Waals surface area contributed by atoms with Crippen molar-refractivity contribution in [3.8, 4) is 5.75 Å². The molecule has 1 aromatic carbocycles. The van der Waals surface area contributed by atoms with Gasteiger partial charge in [-0.25, -0.2) is 4.39 Å². The maximum Gasteiger partial charge on any atom is 0.165 e. The molecule has 106 valence electrons. The number of benzene rings is 1. The normalized spacial score (nSPS) is 18.4. The molecular formula is C15H23FN2O. The highest BCUT2D eigenvalue weighted by Crippen LogP contribution is 2.28. The van der Waals surface area contributed by atoms with Crippen molar-refractivity contribution in [3.63, 3.8) is 0 Å². The molecule has 0 atom stereocenters. The van der Waals surface area contributed by atoms with Crippen LogP contribution in [0.2, 0.25) is 0 Å². The van der Waals surface area contributed by atoms with Crippen LogP contribution in [0.4, 0.5) is 10.1 Å². The Kier molecular flexibility index (Phi) is 4.30. The highest BCUT2D eigenvalue weighted by molar-refractivity contribution is 5.52. The van der Waals surface area contributed by atoms with Gasteiger partial charge in [-0.1, -0.05) is 13.8 Å². The predicted molar refractivity (Wildman–Crippen MR) is 76.5 cm³/mol. The molecular weight excluding hydrogens is 243 g/mol. The molecule has 19 heavy (non-hydrogen) atoms. The average molecular weight is 266 g/mol. The summed E-state index contributed by atoms with van der Waals surface area (Å²) in [5.41, 5.74) is 1.20. The Bertz CT molecular complexity index is 432. The minimum atomic E-state index is -0.307. The first-order chi connectivity index (χ1) is 9.14. The first-order valence-corrected chi connectivity index (χ1v) is 6.97. The van der Waals surface area contributed by atoms with Gasteiger partial charge in [-0.3, -0.25) is 0 Å². The molecule has 2 rings (SSSR count). The lowest BCUT2D eigenvalue weighted by Crippen LogP contribution is -2.60. The van der Waals surface area contributed by atoms with Gasteiger partial charge in [-0.05, 0) is 25.0 Å². The summed E-state index contributed by atoms with van der Waals surface area (Å²) in [7, 11) is 1.50. The van der Waals surface area contributed by atoms with E-state index in [0.717, 1.165) is 38.2 Å². The topological polar surface area (TPSA) is 24.5 Å². The molecule has 1 aliphatic heterocycles. The van der Waals surface area contributed by atoms with Crippen molar-refractivity contribution in [2.45, 2.75) is 32.2 Å². The van der Waals surface area contributed by atoms with Crippen molar-refractivity contribution in [3.05, 3.63) is 24.0 Å². The zero-order valence-corrected chi connectivity index (χ0v) is 12.0. The zero-order chi connectivity index (χ0) is 13.9. The molecule has 0 radical (unpaired) electrons. The van der Waals surface area contributed by atoms with E-state index in [9.17, 15) is 4.39 Å². The summed E-state index contributed by atoms with van der Waals surface area (Å²) in [5.74, 6) is 0.00765. The summed E-state index contributed by atoms with van der Waals surface area (Å²) in [4.78, 5) is 2.31. The molecule has 0 aromatic heterocycles. The SMILES string of the molecule is CCC1(CC)CN(c2ccc(F)c(OC)c2)CCN1. The van der Waals surface area contributed by atoms with E-state index in [-0.39, 0.29) is 11.4 Å². The Morgan fingerprint density at radius 1 is 1.37 bits per heavy atom. The van der Waals surface area contributed by atoms with Crippen molar-refractivity contribution >= 4 is 5.69 Å². The Morgan fingerprint density at radius 2 is 2.11 bits per heavy atom. The summed E-state index contributed by atoms with van der Waals surface area (Å²) >= 11 is 0. The van der Waals surface area contributed by atoms with Crippen LogP contribution in [-0.2, 0) is 0 Å².